The molecule has 0 amide bonds. The largest absolute Gasteiger partial charge is 0.462 e. The van der Waals surface area contributed by atoms with Crippen LogP contribution in [0.4, 0.5) is 0 Å². The number of unbranched alkanes of at least 4 members (excludes halogenated alkanes) is 38. The summed E-state index contributed by atoms with van der Waals surface area (Å²) in [7, 11) is 0. The van der Waals surface area contributed by atoms with Gasteiger partial charge in [-0.05, 0) is 51.4 Å². The quantitative estimate of drug-likeness (QED) is 0.0345. The molecule has 0 aromatic carbocycles. The molecule has 0 heterocycles. The first-order chi connectivity index (χ1) is 32.6. The van der Waals surface area contributed by atoms with E-state index in [2.05, 4.69) is 57.2 Å². The Labute approximate surface area is 412 Å². The van der Waals surface area contributed by atoms with Crippen LogP contribution in [0, 0.1) is 0 Å². The Balaban J connectivity index is 4.19. The molecule has 0 radical (unpaired) electrons. The minimum absolute atomic E-state index is 0.0894. The molecule has 0 saturated carbocycles. The number of carbonyl (C=O) groups is 2. The molecule has 5 nitrogen and oxygen atoms in total. The molecule has 388 valence electrons. The Bertz CT molecular complexity index is 1050. The third-order valence-electron chi connectivity index (χ3n) is 13.2. The van der Waals surface area contributed by atoms with Gasteiger partial charge in [0, 0.05) is 19.4 Å². The summed E-state index contributed by atoms with van der Waals surface area (Å²) >= 11 is 0. The van der Waals surface area contributed by atoms with E-state index in [0.29, 0.717) is 19.4 Å². The molecule has 1 unspecified atom stereocenters. The van der Waals surface area contributed by atoms with Crippen molar-refractivity contribution < 1.29 is 23.8 Å². The zero-order chi connectivity index (χ0) is 47.7. The third-order valence-corrected chi connectivity index (χ3v) is 13.2. The van der Waals surface area contributed by atoms with Crippen LogP contribution in [0.3, 0.4) is 0 Å². The van der Waals surface area contributed by atoms with Gasteiger partial charge in [-0.2, -0.15) is 0 Å². The van der Waals surface area contributed by atoms with Crippen LogP contribution in [0.5, 0.6) is 0 Å². The lowest BCUT2D eigenvalue weighted by atomic mass is 10.0. The monoisotopic (exact) mass is 927 g/mol. The highest BCUT2D eigenvalue weighted by Crippen LogP contribution is 2.17. The summed E-state index contributed by atoms with van der Waals surface area (Å²) in [5.74, 6) is -0.379. The molecule has 0 aromatic heterocycles. The lowest BCUT2D eigenvalue weighted by molar-refractivity contribution is -0.163. The van der Waals surface area contributed by atoms with Gasteiger partial charge < -0.3 is 14.2 Å². The average molecular weight is 928 g/mol. The van der Waals surface area contributed by atoms with Crippen LogP contribution >= 0.6 is 0 Å². The molecule has 0 saturated heterocycles. The van der Waals surface area contributed by atoms with Crippen molar-refractivity contribution in [1.82, 2.24) is 0 Å². The van der Waals surface area contributed by atoms with Crippen LogP contribution in [0.2, 0.25) is 0 Å². The fraction of sp³-hybridized carbons (Fsp3) is 0.869. The predicted octanol–water partition coefficient (Wildman–Crippen LogP) is 20.1. The first kappa shape index (κ1) is 64.1. The number of ether oxygens (including phenoxy) is 3. The molecule has 66 heavy (non-hydrogen) atoms. The average Bonchev–Trinajstić information content (AvgIpc) is 3.32. The van der Waals surface area contributed by atoms with Crippen molar-refractivity contribution >= 4 is 11.9 Å². The minimum Gasteiger partial charge on any atom is -0.462 e. The molecule has 0 aliphatic rings. The predicted molar refractivity (Wildman–Crippen MR) is 288 cm³/mol. The maximum Gasteiger partial charge on any atom is 0.306 e. The Kier molecular flexibility index (Phi) is 55.8. The first-order valence-electron chi connectivity index (χ1n) is 29.5. The van der Waals surface area contributed by atoms with Crippen molar-refractivity contribution in [2.75, 3.05) is 19.8 Å². The second-order valence-corrected chi connectivity index (χ2v) is 19.9. The molecule has 0 aliphatic carbocycles. The van der Waals surface area contributed by atoms with E-state index in [0.717, 1.165) is 57.8 Å². The van der Waals surface area contributed by atoms with Crippen molar-refractivity contribution in [3.63, 3.8) is 0 Å². The Morgan fingerprint density at radius 1 is 0.348 bits per heavy atom. The fourth-order valence-electron chi connectivity index (χ4n) is 8.82. The van der Waals surface area contributed by atoms with Crippen molar-refractivity contribution in [3.05, 3.63) is 36.5 Å². The number of hydrogen-bond acceptors (Lipinski definition) is 5. The van der Waals surface area contributed by atoms with E-state index in [4.69, 9.17) is 14.2 Å². The molecule has 0 spiro atoms. The molecule has 0 fully saturated rings. The summed E-state index contributed by atoms with van der Waals surface area (Å²) in [4.78, 5) is 25.5. The molecule has 0 aliphatic heterocycles. The summed E-state index contributed by atoms with van der Waals surface area (Å²) in [5.41, 5.74) is 0. The molecule has 0 bridgehead atoms. The van der Waals surface area contributed by atoms with Crippen LogP contribution in [-0.2, 0) is 23.8 Å². The maximum absolute atomic E-state index is 12.8. The highest BCUT2D eigenvalue weighted by Gasteiger charge is 2.17. The smallest absolute Gasteiger partial charge is 0.306 e. The van der Waals surface area contributed by atoms with Crippen molar-refractivity contribution in [2.45, 2.75) is 322 Å². The van der Waals surface area contributed by atoms with Crippen LogP contribution < -0.4 is 0 Å². The Hall–Kier alpha value is -1.88. The number of carbonyl (C=O) groups excluding carboxylic acids is 2. The van der Waals surface area contributed by atoms with Gasteiger partial charge in [-0.3, -0.25) is 9.59 Å². The SMILES string of the molecule is CC/C=C\C/C=C\C/C=C\CCCCCCCCCCOCC(COC(=O)CCCCCCCCCCCCCCCCCCCCC)OC(=O)CCCCCCCCCCCCCCC. The molecular weight excluding hydrogens is 813 g/mol. The van der Waals surface area contributed by atoms with E-state index in [9.17, 15) is 9.59 Å². The number of hydrogen-bond donors (Lipinski definition) is 0. The summed E-state index contributed by atoms with van der Waals surface area (Å²) in [5, 5.41) is 0. The molecular formula is C61H114O5. The van der Waals surface area contributed by atoms with Gasteiger partial charge in [-0.25, -0.2) is 0 Å². The lowest BCUT2D eigenvalue weighted by Crippen LogP contribution is -2.30. The van der Waals surface area contributed by atoms with Gasteiger partial charge in [0.05, 0.1) is 6.61 Å². The van der Waals surface area contributed by atoms with Crippen LogP contribution in [0.1, 0.15) is 316 Å². The van der Waals surface area contributed by atoms with Gasteiger partial charge in [-0.1, -0.05) is 288 Å². The van der Waals surface area contributed by atoms with E-state index in [1.165, 1.54) is 225 Å². The minimum atomic E-state index is -0.534. The fourth-order valence-corrected chi connectivity index (χ4v) is 8.82. The molecule has 0 rings (SSSR count). The maximum atomic E-state index is 12.8. The highest BCUT2D eigenvalue weighted by atomic mass is 16.6. The zero-order valence-electron chi connectivity index (χ0n) is 44.7. The summed E-state index contributed by atoms with van der Waals surface area (Å²) in [6, 6.07) is 0. The van der Waals surface area contributed by atoms with Gasteiger partial charge in [-0.15, -0.1) is 0 Å². The normalized spacial score (nSPS) is 12.3. The van der Waals surface area contributed by atoms with E-state index >= 15 is 0 Å². The Morgan fingerprint density at radius 3 is 1.09 bits per heavy atom. The summed E-state index contributed by atoms with van der Waals surface area (Å²) in [6.45, 7) is 7.77. The molecule has 0 aromatic rings. The van der Waals surface area contributed by atoms with Crippen LogP contribution in [-0.4, -0.2) is 37.9 Å². The second kappa shape index (κ2) is 57.4. The number of rotatable bonds is 55. The van der Waals surface area contributed by atoms with Gasteiger partial charge in [0.1, 0.15) is 6.61 Å². The van der Waals surface area contributed by atoms with Crippen LogP contribution in [0.25, 0.3) is 0 Å². The van der Waals surface area contributed by atoms with Gasteiger partial charge in [0.15, 0.2) is 6.10 Å². The molecule has 5 heteroatoms. The summed E-state index contributed by atoms with van der Waals surface area (Å²) in [6.07, 6.45) is 70.3. The Morgan fingerprint density at radius 2 is 0.682 bits per heavy atom. The second-order valence-electron chi connectivity index (χ2n) is 19.9. The first-order valence-corrected chi connectivity index (χ1v) is 29.5. The van der Waals surface area contributed by atoms with E-state index in [1.54, 1.807) is 0 Å². The van der Waals surface area contributed by atoms with Gasteiger partial charge in [0.2, 0.25) is 0 Å². The van der Waals surface area contributed by atoms with Gasteiger partial charge in [0.25, 0.3) is 0 Å². The number of allylic oxidation sites excluding steroid dienone is 6. The van der Waals surface area contributed by atoms with Crippen LogP contribution in [0.15, 0.2) is 36.5 Å². The summed E-state index contributed by atoms with van der Waals surface area (Å²) < 4.78 is 17.5. The standard InChI is InChI=1S/C61H114O5/c1-4-7-10-13-16-19-22-25-27-29-31-32-34-37-39-42-45-48-51-54-60(62)65-58-59(66-61(63)55-52-49-46-43-40-36-24-21-18-15-12-9-6-3)57-64-56-53-50-47-44-41-38-35-33-30-28-26-23-20-17-14-11-8-5-2/h8,11,17,20,26,28,59H,4-7,9-10,12-16,18-19,21-25,27,29-58H2,1-3H3/b11-8-,20-17-,28-26-. The van der Waals surface area contributed by atoms with Crippen molar-refractivity contribution in [1.29, 1.82) is 0 Å². The zero-order valence-corrected chi connectivity index (χ0v) is 44.7. The van der Waals surface area contributed by atoms with E-state index in [1.807, 2.05) is 0 Å². The van der Waals surface area contributed by atoms with Gasteiger partial charge >= 0.3 is 11.9 Å². The lowest BCUT2D eigenvalue weighted by Gasteiger charge is -2.18. The van der Waals surface area contributed by atoms with E-state index in [-0.39, 0.29) is 25.2 Å². The third kappa shape index (κ3) is 54.7. The topological polar surface area (TPSA) is 61.8 Å². The van der Waals surface area contributed by atoms with Crippen molar-refractivity contribution in [3.8, 4) is 0 Å². The molecule has 0 N–H and O–H groups in total. The van der Waals surface area contributed by atoms with Crippen molar-refractivity contribution in [2.24, 2.45) is 0 Å². The highest BCUT2D eigenvalue weighted by molar-refractivity contribution is 5.70. The number of esters is 2. The van der Waals surface area contributed by atoms with E-state index < -0.39 is 6.10 Å². The molecule has 1 atom stereocenters.